The first-order valence-corrected chi connectivity index (χ1v) is 8.17. The molecule has 0 aromatic rings. The minimum Gasteiger partial charge on any atom is -0.479 e. The van der Waals surface area contributed by atoms with E-state index in [9.17, 15) is 9.90 Å². The molecule has 0 aromatic carbocycles. The van der Waals surface area contributed by atoms with E-state index in [-0.39, 0.29) is 0 Å². The van der Waals surface area contributed by atoms with Crippen molar-refractivity contribution in [2.75, 3.05) is 31.7 Å². The van der Waals surface area contributed by atoms with Gasteiger partial charge in [-0.15, -0.1) is 0 Å². The molecular formula is C14H25NO3S. The van der Waals surface area contributed by atoms with E-state index < -0.39 is 11.6 Å². The summed E-state index contributed by atoms with van der Waals surface area (Å²) >= 11 is 2.02. The number of methoxy groups -OCH3 is 1. The summed E-state index contributed by atoms with van der Waals surface area (Å²) in [6.45, 7) is 6.34. The molecule has 5 heteroatoms. The van der Waals surface area contributed by atoms with Crippen LogP contribution in [0.4, 0.5) is 0 Å². The van der Waals surface area contributed by atoms with Gasteiger partial charge in [-0.05, 0) is 30.4 Å². The van der Waals surface area contributed by atoms with E-state index in [1.54, 1.807) is 0 Å². The van der Waals surface area contributed by atoms with Crippen molar-refractivity contribution in [1.29, 1.82) is 0 Å². The van der Waals surface area contributed by atoms with E-state index in [2.05, 4.69) is 18.7 Å². The van der Waals surface area contributed by atoms with E-state index in [0.29, 0.717) is 24.3 Å². The molecule has 1 unspecified atom stereocenters. The maximum absolute atomic E-state index is 11.4. The third-order valence-corrected chi connectivity index (χ3v) is 5.94. The fraction of sp³-hybridized carbons (Fsp3) is 0.929. The van der Waals surface area contributed by atoms with Gasteiger partial charge in [0.1, 0.15) is 0 Å². The van der Waals surface area contributed by atoms with Gasteiger partial charge in [0.15, 0.2) is 5.60 Å². The summed E-state index contributed by atoms with van der Waals surface area (Å²) in [4.78, 5) is 13.8. The van der Waals surface area contributed by atoms with Crippen LogP contribution in [0.3, 0.4) is 0 Å². The molecule has 0 aromatic heterocycles. The maximum Gasteiger partial charge on any atom is 0.336 e. The van der Waals surface area contributed by atoms with Gasteiger partial charge in [0, 0.05) is 32.0 Å². The number of piperidine rings is 1. The largest absolute Gasteiger partial charge is 0.479 e. The van der Waals surface area contributed by atoms with Gasteiger partial charge in [0.25, 0.3) is 0 Å². The minimum absolute atomic E-state index is 0.335. The van der Waals surface area contributed by atoms with Crippen LogP contribution in [0.2, 0.25) is 0 Å². The van der Waals surface area contributed by atoms with Crippen LogP contribution in [0.1, 0.15) is 33.1 Å². The third kappa shape index (κ3) is 2.93. The molecule has 4 nitrogen and oxygen atoms in total. The summed E-state index contributed by atoms with van der Waals surface area (Å²) in [5.41, 5.74) is -0.621. The summed E-state index contributed by atoms with van der Waals surface area (Å²) in [6, 6.07) is 0.565. The molecule has 2 rings (SSSR count). The number of nitrogens with zero attached hydrogens (tertiary/aromatic N) is 1. The number of carboxylic acid groups (broad SMARTS) is 1. The van der Waals surface area contributed by atoms with E-state index in [4.69, 9.17) is 4.74 Å². The molecule has 110 valence electrons. The van der Waals surface area contributed by atoms with Crippen LogP contribution in [0, 0.1) is 5.41 Å². The molecule has 2 saturated heterocycles. The van der Waals surface area contributed by atoms with Gasteiger partial charge >= 0.3 is 5.97 Å². The minimum atomic E-state index is -0.956. The van der Waals surface area contributed by atoms with Gasteiger partial charge in [0.2, 0.25) is 0 Å². The Balaban J connectivity index is 2.01. The first-order chi connectivity index (χ1) is 8.91. The average molecular weight is 287 g/mol. The van der Waals surface area contributed by atoms with Gasteiger partial charge < -0.3 is 9.84 Å². The summed E-state index contributed by atoms with van der Waals surface area (Å²) < 4.78 is 5.30. The number of hydrogen-bond acceptors (Lipinski definition) is 4. The molecule has 1 N–H and O–H groups in total. The molecular weight excluding hydrogens is 262 g/mol. The van der Waals surface area contributed by atoms with E-state index >= 15 is 0 Å². The van der Waals surface area contributed by atoms with Crippen molar-refractivity contribution in [3.8, 4) is 0 Å². The predicted octanol–water partition coefficient (Wildman–Crippen LogP) is 2.08. The Kier molecular flexibility index (Phi) is 4.48. The Morgan fingerprint density at radius 3 is 2.42 bits per heavy atom. The van der Waals surface area contributed by atoms with Gasteiger partial charge in [0.05, 0.1) is 0 Å². The van der Waals surface area contributed by atoms with Crippen LogP contribution in [0.25, 0.3) is 0 Å². The monoisotopic (exact) mass is 287 g/mol. The van der Waals surface area contributed by atoms with Crippen LogP contribution in [-0.2, 0) is 9.53 Å². The lowest BCUT2D eigenvalue weighted by atomic mass is 9.79. The fourth-order valence-corrected chi connectivity index (χ4v) is 4.95. The molecule has 0 spiro atoms. The zero-order chi connectivity index (χ0) is 14.1. The van der Waals surface area contributed by atoms with Crippen LogP contribution >= 0.6 is 11.8 Å². The van der Waals surface area contributed by atoms with Crippen LogP contribution < -0.4 is 0 Å². The van der Waals surface area contributed by atoms with Crippen molar-refractivity contribution in [3.05, 3.63) is 0 Å². The van der Waals surface area contributed by atoms with Crippen molar-refractivity contribution in [2.45, 2.75) is 44.8 Å². The highest BCUT2D eigenvalue weighted by atomic mass is 32.2. The molecule has 19 heavy (non-hydrogen) atoms. The molecule has 1 atom stereocenters. The van der Waals surface area contributed by atoms with Crippen molar-refractivity contribution < 1.29 is 14.6 Å². The number of hydrogen-bond donors (Lipinski definition) is 1. The Labute approximate surface area is 119 Å². The quantitative estimate of drug-likeness (QED) is 0.861. The van der Waals surface area contributed by atoms with E-state index in [1.807, 2.05) is 11.8 Å². The third-order valence-electron chi connectivity index (χ3n) is 4.90. The SMILES string of the molecule is COC1(C(=O)O)CCN(C2CSCCC2(C)C)CC1. The molecule has 2 aliphatic rings. The van der Waals surface area contributed by atoms with Crippen LogP contribution in [0.15, 0.2) is 0 Å². The Hall–Kier alpha value is -0.260. The summed E-state index contributed by atoms with van der Waals surface area (Å²) in [5.74, 6) is 1.60. The van der Waals surface area contributed by atoms with Crippen molar-refractivity contribution in [3.63, 3.8) is 0 Å². The van der Waals surface area contributed by atoms with Gasteiger partial charge in [-0.2, -0.15) is 11.8 Å². The maximum atomic E-state index is 11.4. The summed E-state index contributed by atoms with van der Waals surface area (Å²) in [5, 5.41) is 9.34. The molecule has 0 bridgehead atoms. The number of carboxylic acids is 1. The fourth-order valence-electron chi connectivity index (χ4n) is 3.22. The second-order valence-corrected chi connectivity index (χ2v) is 7.52. The normalized spacial score (nSPS) is 31.0. The molecule has 0 amide bonds. The summed E-state index contributed by atoms with van der Waals surface area (Å²) in [7, 11) is 1.52. The molecule has 2 heterocycles. The molecule has 2 aliphatic heterocycles. The molecule has 2 fully saturated rings. The number of ether oxygens (including phenoxy) is 1. The second-order valence-electron chi connectivity index (χ2n) is 6.37. The number of rotatable bonds is 3. The van der Waals surface area contributed by atoms with Crippen molar-refractivity contribution in [1.82, 2.24) is 4.90 Å². The van der Waals surface area contributed by atoms with Gasteiger partial charge in [-0.25, -0.2) is 4.79 Å². The van der Waals surface area contributed by atoms with Crippen molar-refractivity contribution in [2.24, 2.45) is 5.41 Å². The number of aliphatic carboxylic acids is 1. The highest BCUT2D eigenvalue weighted by Gasteiger charge is 2.45. The molecule has 0 radical (unpaired) electrons. The first kappa shape index (κ1) is 15.1. The zero-order valence-corrected chi connectivity index (χ0v) is 13.0. The zero-order valence-electron chi connectivity index (χ0n) is 12.1. The van der Waals surface area contributed by atoms with Gasteiger partial charge in [-0.3, -0.25) is 4.90 Å². The highest BCUT2D eigenvalue weighted by Crippen LogP contribution is 2.39. The van der Waals surface area contributed by atoms with Crippen LogP contribution in [-0.4, -0.2) is 59.3 Å². The highest BCUT2D eigenvalue weighted by molar-refractivity contribution is 7.99. The first-order valence-electron chi connectivity index (χ1n) is 7.02. The van der Waals surface area contributed by atoms with Crippen LogP contribution in [0.5, 0.6) is 0 Å². The standard InChI is InChI=1S/C14H25NO3S/c1-13(2)6-9-19-10-11(13)15-7-4-14(18-3,5-8-15)12(16)17/h11H,4-10H2,1-3H3,(H,16,17). The number of likely N-dealkylation sites (tertiary alicyclic amines) is 1. The lowest BCUT2D eigenvalue weighted by Crippen LogP contribution is -2.57. The average Bonchev–Trinajstić information content (AvgIpc) is 2.38. The van der Waals surface area contributed by atoms with Gasteiger partial charge in [-0.1, -0.05) is 13.8 Å². The topological polar surface area (TPSA) is 49.8 Å². The smallest absolute Gasteiger partial charge is 0.336 e. The Morgan fingerprint density at radius 2 is 1.95 bits per heavy atom. The molecule has 0 aliphatic carbocycles. The lowest BCUT2D eigenvalue weighted by molar-refractivity contribution is -0.169. The summed E-state index contributed by atoms with van der Waals surface area (Å²) in [6.07, 6.45) is 2.43. The van der Waals surface area contributed by atoms with E-state index in [1.165, 1.54) is 25.0 Å². The predicted molar refractivity (Wildman–Crippen MR) is 77.7 cm³/mol. The number of thioether (sulfide) groups is 1. The lowest BCUT2D eigenvalue weighted by Gasteiger charge is -2.48. The van der Waals surface area contributed by atoms with E-state index in [0.717, 1.165) is 13.1 Å². The molecule has 0 saturated carbocycles. The number of carbonyl (C=O) groups is 1. The Morgan fingerprint density at radius 1 is 1.32 bits per heavy atom. The second kappa shape index (κ2) is 5.62. The van der Waals surface area contributed by atoms with Crippen molar-refractivity contribution >= 4 is 17.7 Å². The Bertz CT molecular complexity index is 338.